The average molecular weight is 830 g/mol. The number of allylic oxidation sites excluding steroid dienone is 4. The molecule has 6 N–H and O–H groups in total. The summed E-state index contributed by atoms with van der Waals surface area (Å²) in [5.41, 5.74) is 5.33. The summed E-state index contributed by atoms with van der Waals surface area (Å²) in [4.78, 5) is 47.8. The van der Waals surface area contributed by atoms with Gasteiger partial charge in [-0.1, -0.05) is 102 Å². The number of aliphatic hydroxyl groups excluding tert-OH is 3. The summed E-state index contributed by atoms with van der Waals surface area (Å²) in [7, 11) is -4.47. The molecule has 1 fully saturated rings. The van der Waals surface area contributed by atoms with E-state index in [0.717, 1.165) is 64.2 Å². The van der Waals surface area contributed by atoms with Crippen LogP contribution in [0.25, 0.3) is 0 Å². The molecule has 0 spiro atoms. The number of esters is 2. The van der Waals surface area contributed by atoms with Crippen molar-refractivity contribution >= 4 is 25.5 Å². The van der Waals surface area contributed by atoms with E-state index in [4.69, 9.17) is 24.3 Å². The topological polar surface area (TPSA) is 212 Å². The maximum absolute atomic E-state index is 12.8. The van der Waals surface area contributed by atoms with Gasteiger partial charge in [0.1, 0.15) is 12.4 Å². The van der Waals surface area contributed by atoms with Gasteiger partial charge in [0.05, 0.1) is 31.5 Å². The van der Waals surface area contributed by atoms with Gasteiger partial charge in [0.2, 0.25) is 0 Å². The number of phosphoric acid groups is 1. The normalized spacial score (nSPS) is 20.7. The SMILES string of the molecule is CCCCC/C=C\C/C=C\CCCCCCCC(=O)O[C@H](COC(=O)CCCCC(=O)C[C@@H]1[C@@H](/C=C/[C@@H](O)CCCCC)[C@H](O)C[C@@H]1O)COP(=O)(O)OCCN. The second-order valence-corrected chi connectivity index (χ2v) is 16.6. The number of hydrogen-bond acceptors (Lipinski definition) is 12. The third-order valence-corrected chi connectivity index (χ3v) is 11.0. The van der Waals surface area contributed by atoms with Crippen LogP contribution in [-0.4, -0.2) is 88.7 Å². The van der Waals surface area contributed by atoms with Gasteiger partial charge in [-0.15, -0.1) is 0 Å². The van der Waals surface area contributed by atoms with Crippen LogP contribution in [0.2, 0.25) is 0 Å². The van der Waals surface area contributed by atoms with E-state index in [1.54, 1.807) is 12.2 Å². The zero-order valence-electron chi connectivity index (χ0n) is 34.9. The Labute approximate surface area is 342 Å². The van der Waals surface area contributed by atoms with E-state index in [1.165, 1.54) is 19.3 Å². The second-order valence-electron chi connectivity index (χ2n) is 15.2. The molecule has 0 radical (unpaired) electrons. The number of carbonyl (C=O) groups is 3. The van der Waals surface area contributed by atoms with Crippen LogP contribution in [0, 0.1) is 11.8 Å². The highest BCUT2D eigenvalue weighted by molar-refractivity contribution is 7.47. The van der Waals surface area contributed by atoms with Gasteiger partial charge in [0, 0.05) is 50.5 Å². The van der Waals surface area contributed by atoms with Crippen LogP contribution in [0.15, 0.2) is 36.5 Å². The largest absolute Gasteiger partial charge is 0.472 e. The number of carbonyl (C=O) groups excluding carboxylic acids is 3. The van der Waals surface area contributed by atoms with E-state index < -0.39 is 69.2 Å². The van der Waals surface area contributed by atoms with Crippen molar-refractivity contribution in [2.45, 2.75) is 180 Å². The minimum Gasteiger partial charge on any atom is -0.462 e. The first kappa shape index (κ1) is 52.8. The number of aliphatic hydroxyl groups is 3. The molecule has 0 bridgehead atoms. The number of unbranched alkanes of at least 4 members (excludes halogenated alkanes) is 11. The number of ether oxygens (including phenoxy) is 2. The van der Waals surface area contributed by atoms with Crippen molar-refractivity contribution in [1.29, 1.82) is 0 Å². The van der Waals surface area contributed by atoms with Crippen LogP contribution in [0.5, 0.6) is 0 Å². The van der Waals surface area contributed by atoms with Crippen molar-refractivity contribution < 1.29 is 57.7 Å². The molecule has 1 aliphatic rings. The average Bonchev–Trinajstić information content (AvgIpc) is 3.44. The summed E-state index contributed by atoms with van der Waals surface area (Å²) in [6.45, 7) is 3.14. The smallest absolute Gasteiger partial charge is 0.462 e. The van der Waals surface area contributed by atoms with Crippen molar-refractivity contribution in [1.82, 2.24) is 0 Å². The van der Waals surface area contributed by atoms with E-state index in [-0.39, 0.29) is 51.0 Å². The van der Waals surface area contributed by atoms with Crippen LogP contribution in [0.1, 0.15) is 155 Å². The van der Waals surface area contributed by atoms with Crippen LogP contribution >= 0.6 is 7.82 Å². The summed E-state index contributed by atoms with van der Waals surface area (Å²) >= 11 is 0. The minimum atomic E-state index is -4.47. The maximum Gasteiger partial charge on any atom is 0.472 e. The summed E-state index contributed by atoms with van der Waals surface area (Å²) < 4.78 is 32.6. The Balaban J connectivity index is 2.44. The number of hydrogen-bond donors (Lipinski definition) is 5. The number of ketones is 1. The fourth-order valence-corrected chi connectivity index (χ4v) is 7.42. The van der Waals surface area contributed by atoms with E-state index in [0.29, 0.717) is 25.7 Å². The van der Waals surface area contributed by atoms with Crippen molar-refractivity contribution in [2.24, 2.45) is 17.6 Å². The van der Waals surface area contributed by atoms with E-state index in [9.17, 15) is 39.2 Å². The predicted molar refractivity (Wildman–Crippen MR) is 222 cm³/mol. The number of phosphoric ester groups is 1. The molecule has 0 aromatic rings. The van der Waals surface area contributed by atoms with Crippen molar-refractivity contribution in [3.05, 3.63) is 36.5 Å². The third-order valence-electron chi connectivity index (χ3n) is 9.98. The van der Waals surface area contributed by atoms with Crippen molar-refractivity contribution in [2.75, 3.05) is 26.4 Å². The fourth-order valence-electron chi connectivity index (χ4n) is 6.66. The molecule has 330 valence electrons. The van der Waals surface area contributed by atoms with Gasteiger partial charge in [0.15, 0.2) is 6.10 Å². The predicted octanol–water partition coefficient (Wildman–Crippen LogP) is 7.72. The molecule has 1 saturated carbocycles. The van der Waals surface area contributed by atoms with Gasteiger partial charge in [-0.05, 0) is 57.8 Å². The molecule has 0 heterocycles. The molecule has 1 rings (SSSR count). The summed E-state index contributed by atoms with van der Waals surface area (Å²) in [5, 5.41) is 31.3. The quantitative estimate of drug-likeness (QED) is 0.0177. The summed E-state index contributed by atoms with van der Waals surface area (Å²) in [5.74, 6) is -2.12. The van der Waals surface area contributed by atoms with Gasteiger partial charge in [-0.25, -0.2) is 4.57 Å². The molecule has 0 amide bonds. The fraction of sp³-hybridized carbons (Fsp3) is 0.791. The maximum atomic E-state index is 12.8. The van der Waals surface area contributed by atoms with Crippen LogP contribution in [0.4, 0.5) is 0 Å². The first-order chi connectivity index (χ1) is 27.4. The van der Waals surface area contributed by atoms with Gasteiger partial charge < -0.3 is 35.4 Å². The van der Waals surface area contributed by atoms with Gasteiger partial charge >= 0.3 is 19.8 Å². The zero-order chi connectivity index (χ0) is 42.2. The highest BCUT2D eigenvalue weighted by atomic mass is 31.2. The number of rotatable bonds is 36. The third kappa shape index (κ3) is 28.0. The summed E-state index contributed by atoms with van der Waals surface area (Å²) in [6, 6.07) is 0. The molecule has 1 aliphatic carbocycles. The Morgan fingerprint density at radius 2 is 1.39 bits per heavy atom. The molecular weight excluding hydrogens is 753 g/mol. The van der Waals surface area contributed by atoms with E-state index in [1.807, 2.05) is 0 Å². The lowest BCUT2D eigenvalue weighted by Gasteiger charge is -2.20. The number of Topliss-reactive ketones (excluding diaryl/α,β-unsaturated/α-hetero) is 1. The number of nitrogens with two attached hydrogens (primary N) is 1. The van der Waals surface area contributed by atoms with Crippen molar-refractivity contribution in [3.63, 3.8) is 0 Å². The Bertz CT molecular complexity index is 1210. The van der Waals surface area contributed by atoms with Crippen molar-refractivity contribution in [3.8, 4) is 0 Å². The van der Waals surface area contributed by atoms with Gasteiger partial charge in [0.25, 0.3) is 0 Å². The molecule has 13 nitrogen and oxygen atoms in total. The van der Waals surface area contributed by atoms with E-state index in [2.05, 4.69) is 38.2 Å². The second kappa shape index (κ2) is 33.6. The monoisotopic (exact) mass is 830 g/mol. The minimum absolute atomic E-state index is 0.00310. The Morgan fingerprint density at radius 1 is 0.772 bits per heavy atom. The standard InChI is InChI=1S/C43H76NO12P/c1-3-5-7-8-9-10-11-12-13-14-15-16-17-18-20-26-43(50)56-37(34-55-57(51,52)54-30-29-44)33-53-42(49)25-22-21-24-36(46)31-39-38(40(47)32-41(39)48)28-27-35(45)23-19-6-4-2/h9-10,12-13,27-28,35,37-41,45,47-48H,3-8,11,14-26,29-34,44H2,1-2H3,(H,51,52)/b10-9-,13-12-,28-27+/t35-,37+,38+,39+,40+,41-/m0/s1. The molecule has 14 heteroatoms. The van der Waals surface area contributed by atoms with E-state index >= 15 is 0 Å². The first-order valence-electron chi connectivity index (χ1n) is 21.6. The van der Waals surface area contributed by atoms with Gasteiger partial charge in [-0.2, -0.15) is 0 Å². The molecule has 0 aromatic carbocycles. The highest BCUT2D eigenvalue weighted by Crippen LogP contribution is 2.43. The zero-order valence-corrected chi connectivity index (χ0v) is 35.8. The Hall–Kier alpha value is -2.22. The lowest BCUT2D eigenvalue weighted by atomic mass is 9.87. The summed E-state index contributed by atoms with van der Waals surface area (Å²) in [6.07, 6.45) is 25.2. The lowest BCUT2D eigenvalue weighted by Crippen LogP contribution is -2.29. The molecular formula is C43H76NO12P. The van der Waals surface area contributed by atoms with Crippen LogP contribution in [0.3, 0.4) is 0 Å². The van der Waals surface area contributed by atoms with Crippen LogP contribution < -0.4 is 5.73 Å². The van der Waals surface area contributed by atoms with Gasteiger partial charge in [-0.3, -0.25) is 23.4 Å². The Morgan fingerprint density at radius 3 is 2.09 bits per heavy atom. The highest BCUT2D eigenvalue weighted by Gasteiger charge is 2.41. The molecule has 0 aromatic heterocycles. The lowest BCUT2D eigenvalue weighted by molar-refractivity contribution is -0.161. The molecule has 0 saturated heterocycles. The molecule has 7 atom stereocenters. The molecule has 57 heavy (non-hydrogen) atoms. The Kier molecular flexibility index (Phi) is 31.1. The van der Waals surface area contributed by atoms with Crippen LogP contribution in [-0.2, 0) is 37.5 Å². The molecule has 1 unspecified atom stereocenters. The molecule has 0 aliphatic heterocycles. The first-order valence-corrected chi connectivity index (χ1v) is 23.1.